The van der Waals surface area contributed by atoms with Crippen LogP contribution in [0.2, 0.25) is 0 Å². The summed E-state index contributed by atoms with van der Waals surface area (Å²) in [6, 6.07) is 0. The molecule has 0 aromatic carbocycles. The molecule has 0 amide bonds. The van der Waals surface area contributed by atoms with E-state index in [0.717, 1.165) is 24.0 Å². The Labute approximate surface area is 84.5 Å². The molecule has 1 nitrogen and oxygen atoms in total. The number of hydrogen-bond donors (Lipinski definition) is 0. The minimum Gasteiger partial charge on any atom is -0.280 e. The van der Waals surface area contributed by atoms with Crippen LogP contribution in [0.4, 0.5) is 0 Å². The van der Waals surface area contributed by atoms with E-state index in [1.165, 1.54) is 0 Å². The van der Waals surface area contributed by atoms with Gasteiger partial charge in [0.2, 0.25) is 5.24 Å². The van der Waals surface area contributed by atoms with E-state index in [0.29, 0.717) is 0 Å². The van der Waals surface area contributed by atoms with Crippen molar-refractivity contribution in [1.29, 1.82) is 0 Å². The fourth-order valence-corrected chi connectivity index (χ4v) is 2.14. The monoisotopic (exact) mass is 198 g/mol. The first-order chi connectivity index (χ1) is 5.89. The van der Waals surface area contributed by atoms with Crippen LogP contribution in [-0.2, 0) is 4.79 Å². The maximum atomic E-state index is 11.2. The standard InChI is InChI=1S/C11H15ClO/c1-7(2)9-5-6-11(4,8(9)3)10(12)13/h9H,1,3,5-6H2,2,4H3. The molecular weight excluding hydrogens is 184 g/mol. The van der Waals surface area contributed by atoms with Crippen molar-refractivity contribution in [1.82, 2.24) is 0 Å². The summed E-state index contributed by atoms with van der Waals surface area (Å²) < 4.78 is 0. The quantitative estimate of drug-likeness (QED) is 0.492. The van der Waals surface area contributed by atoms with Gasteiger partial charge in [-0.15, -0.1) is 0 Å². The number of rotatable bonds is 2. The van der Waals surface area contributed by atoms with Crippen molar-refractivity contribution in [2.45, 2.75) is 26.7 Å². The Hall–Kier alpha value is -0.560. The van der Waals surface area contributed by atoms with Crippen LogP contribution in [0.25, 0.3) is 0 Å². The fourth-order valence-electron chi connectivity index (χ4n) is 1.92. The SMILES string of the molecule is C=C(C)C1CCC(C)(C(=O)Cl)C1=C. The highest BCUT2D eigenvalue weighted by molar-refractivity contribution is 6.65. The van der Waals surface area contributed by atoms with E-state index in [1.54, 1.807) is 0 Å². The lowest BCUT2D eigenvalue weighted by Gasteiger charge is -2.22. The Morgan fingerprint density at radius 2 is 2.23 bits per heavy atom. The Bertz CT molecular complexity index is 280. The summed E-state index contributed by atoms with van der Waals surface area (Å²) in [4.78, 5) is 11.2. The molecule has 1 rings (SSSR count). The molecule has 1 aliphatic carbocycles. The molecule has 2 heteroatoms. The Balaban J connectivity index is 2.94. The first-order valence-electron chi connectivity index (χ1n) is 4.44. The van der Waals surface area contributed by atoms with Crippen LogP contribution >= 0.6 is 11.6 Å². The van der Waals surface area contributed by atoms with Crippen LogP contribution in [0.3, 0.4) is 0 Å². The lowest BCUT2D eigenvalue weighted by Crippen LogP contribution is -2.22. The van der Waals surface area contributed by atoms with Gasteiger partial charge in [-0.25, -0.2) is 0 Å². The summed E-state index contributed by atoms with van der Waals surface area (Å²) in [6.07, 6.45) is 1.74. The minimum atomic E-state index is -0.523. The number of carbonyl (C=O) groups is 1. The van der Waals surface area contributed by atoms with Crippen molar-refractivity contribution in [3.05, 3.63) is 24.3 Å². The van der Waals surface area contributed by atoms with Gasteiger partial charge in [-0.05, 0) is 38.3 Å². The zero-order valence-electron chi connectivity index (χ0n) is 8.19. The van der Waals surface area contributed by atoms with Crippen molar-refractivity contribution in [3.63, 3.8) is 0 Å². The van der Waals surface area contributed by atoms with Gasteiger partial charge in [-0.2, -0.15) is 0 Å². The average Bonchev–Trinajstić information content (AvgIpc) is 2.30. The van der Waals surface area contributed by atoms with Gasteiger partial charge in [0.25, 0.3) is 0 Å². The first-order valence-corrected chi connectivity index (χ1v) is 4.82. The van der Waals surface area contributed by atoms with E-state index in [2.05, 4.69) is 13.2 Å². The fraction of sp³-hybridized carbons (Fsp3) is 0.545. The third kappa shape index (κ3) is 1.58. The Morgan fingerprint density at radius 3 is 2.46 bits per heavy atom. The maximum Gasteiger partial charge on any atom is 0.231 e. The maximum absolute atomic E-state index is 11.2. The molecule has 0 N–H and O–H groups in total. The molecule has 0 aromatic rings. The molecule has 0 radical (unpaired) electrons. The Morgan fingerprint density at radius 1 is 1.69 bits per heavy atom. The van der Waals surface area contributed by atoms with Crippen molar-refractivity contribution in [2.24, 2.45) is 11.3 Å². The molecule has 0 spiro atoms. The van der Waals surface area contributed by atoms with E-state index < -0.39 is 5.41 Å². The smallest absolute Gasteiger partial charge is 0.231 e. The molecule has 0 saturated heterocycles. The normalized spacial score (nSPS) is 33.5. The number of halogens is 1. The van der Waals surface area contributed by atoms with Crippen molar-refractivity contribution >= 4 is 16.8 Å². The van der Waals surface area contributed by atoms with E-state index in [1.807, 2.05) is 13.8 Å². The molecule has 1 aliphatic rings. The van der Waals surface area contributed by atoms with Gasteiger partial charge in [0.15, 0.2) is 0 Å². The number of carbonyl (C=O) groups excluding carboxylic acids is 1. The topological polar surface area (TPSA) is 17.1 Å². The molecule has 0 aromatic heterocycles. The summed E-state index contributed by atoms with van der Waals surface area (Å²) in [6.45, 7) is 11.7. The summed E-state index contributed by atoms with van der Waals surface area (Å²) in [5.74, 6) is 0.271. The highest BCUT2D eigenvalue weighted by Crippen LogP contribution is 2.48. The number of allylic oxidation sites excluding steroid dienone is 2. The molecule has 0 bridgehead atoms. The van der Waals surface area contributed by atoms with Gasteiger partial charge in [0.1, 0.15) is 0 Å². The highest BCUT2D eigenvalue weighted by atomic mass is 35.5. The molecule has 1 saturated carbocycles. The Kier molecular flexibility index (Phi) is 2.67. The van der Waals surface area contributed by atoms with Gasteiger partial charge < -0.3 is 0 Å². The van der Waals surface area contributed by atoms with E-state index in [4.69, 9.17) is 11.6 Å². The average molecular weight is 199 g/mol. The van der Waals surface area contributed by atoms with Gasteiger partial charge >= 0.3 is 0 Å². The predicted octanol–water partition coefficient (Wildman–Crippen LogP) is 3.30. The van der Waals surface area contributed by atoms with Gasteiger partial charge in [0.05, 0.1) is 5.41 Å². The largest absolute Gasteiger partial charge is 0.280 e. The molecule has 72 valence electrons. The second-order valence-electron chi connectivity index (χ2n) is 4.07. The number of hydrogen-bond acceptors (Lipinski definition) is 1. The zero-order valence-corrected chi connectivity index (χ0v) is 8.95. The van der Waals surface area contributed by atoms with Gasteiger partial charge in [0, 0.05) is 5.92 Å². The molecule has 2 atom stereocenters. The molecular formula is C11H15ClO. The van der Waals surface area contributed by atoms with Crippen LogP contribution in [0.1, 0.15) is 26.7 Å². The van der Waals surface area contributed by atoms with Crippen LogP contribution in [-0.4, -0.2) is 5.24 Å². The molecule has 0 heterocycles. The second kappa shape index (κ2) is 3.30. The molecule has 2 unspecified atom stereocenters. The molecule has 13 heavy (non-hydrogen) atoms. The molecule has 1 fully saturated rings. The summed E-state index contributed by atoms with van der Waals surface area (Å²) in [7, 11) is 0. The predicted molar refractivity (Wildman–Crippen MR) is 55.6 cm³/mol. The van der Waals surface area contributed by atoms with Crippen LogP contribution in [0.5, 0.6) is 0 Å². The lowest BCUT2D eigenvalue weighted by atomic mass is 9.83. The van der Waals surface area contributed by atoms with Gasteiger partial charge in [-0.3, -0.25) is 4.79 Å². The third-order valence-corrected chi connectivity index (χ3v) is 3.51. The van der Waals surface area contributed by atoms with Crippen molar-refractivity contribution in [3.8, 4) is 0 Å². The highest BCUT2D eigenvalue weighted by Gasteiger charge is 2.43. The van der Waals surface area contributed by atoms with Gasteiger partial charge in [-0.1, -0.05) is 24.3 Å². The summed E-state index contributed by atoms with van der Waals surface area (Å²) >= 11 is 5.56. The zero-order chi connectivity index (χ0) is 10.2. The van der Waals surface area contributed by atoms with Crippen LogP contribution < -0.4 is 0 Å². The van der Waals surface area contributed by atoms with E-state index in [-0.39, 0.29) is 11.2 Å². The lowest BCUT2D eigenvalue weighted by molar-refractivity contribution is -0.117. The minimum absolute atomic E-state index is 0.271. The second-order valence-corrected chi connectivity index (χ2v) is 4.41. The van der Waals surface area contributed by atoms with E-state index in [9.17, 15) is 4.79 Å². The van der Waals surface area contributed by atoms with Crippen LogP contribution in [0, 0.1) is 11.3 Å². The summed E-state index contributed by atoms with van der Waals surface area (Å²) in [5, 5.41) is -0.291. The molecule has 0 aliphatic heterocycles. The third-order valence-electron chi connectivity index (χ3n) is 3.09. The first kappa shape index (κ1) is 10.5. The van der Waals surface area contributed by atoms with Crippen LogP contribution in [0.15, 0.2) is 24.3 Å². The van der Waals surface area contributed by atoms with Crippen molar-refractivity contribution in [2.75, 3.05) is 0 Å². The van der Waals surface area contributed by atoms with Crippen molar-refractivity contribution < 1.29 is 4.79 Å². The summed E-state index contributed by atoms with van der Waals surface area (Å²) in [5.41, 5.74) is 1.48. The van der Waals surface area contributed by atoms with E-state index >= 15 is 0 Å².